The van der Waals surface area contributed by atoms with Crippen LogP contribution < -0.4 is 14.8 Å². The minimum absolute atomic E-state index is 0.276. The second kappa shape index (κ2) is 6.87. The summed E-state index contributed by atoms with van der Waals surface area (Å²) in [4.78, 5) is 0. The second-order valence-corrected chi connectivity index (χ2v) is 5.12. The maximum atomic E-state index is 13.7. The molecule has 0 amide bonds. The van der Waals surface area contributed by atoms with E-state index in [-0.39, 0.29) is 12.4 Å². The monoisotopic (exact) mass is 329 g/mol. The van der Waals surface area contributed by atoms with Crippen LogP contribution in [0, 0.1) is 5.82 Å². The normalized spacial score (nSPS) is 10.3. The van der Waals surface area contributed by atoms with E-state index < -0.39 is 0 Å². The van der Waals surface area contributed by atoms with Gasteiger partial charge in [-0.15, -0.1) is 0 Å². The van der Waals surface area contributed by atoms with Crippen LogP contribution in [0.1, 0.15) is 5.56 Å². The highest BCUT2D eigenvalue weighted by molar-refractivity contribution is 6.33. The molecule has 2 rings (SSSR count). The van der Waals surface area contributed by atoms with Crippen LogP contribution in [-0.2, 0) is 6.54 Å². The van der Waals surface area contributed by atoms with Crippen LogP contribution in [0.2, 0.25) is 10.0 Å². The number of ether oxygens (including phenoxy) is 2. The van der Waals surface area contributed by atoms with Gasteiger partial charge < -0.3 is 14.8 Å². The molecule has 21 heavy (non-hydrogen) atoms. The van der Waals surface area contributed by atoms with Gasteiger partial charge in [-0.3, -0.25) is 0 Å². The third-order valence-corrected chi connectivity index (χ3v) is 3.51. The fourth-order valence-electron chi connectivity index (χ4n) is 1.85. The molecule has 6 heteroatoms. The molecule has 3 nitrogen and oxygen atoms in total. The number of anilines is 1. The number of methoxy groups -OCH3 is 2. The summed E-state index contributed by atoms with van der Waals surface area (Å²) < 4.78 is 24.1. The van der Waals surface area contributed by atoms with E-state index >= 15 is 0 Å². The van der Waals surface area contributed by atoms with Crippen molar-refractivity contribution in [2.45, 2.75) is 6.54 Å². The lowest BCUT2D eigenvalue weighted by molar-refractivity contribution is 0.355. The van der Waals surface area contributed by atoms with Crippen LogP contribution in [0.5, 0.6) is 11.5 Å². The van der Waals surface area contributed by atoms with Gasteiger partial charge in [0.25, 0.3) is 0 Å². The fourth-order valence-corrected chi connectivity index (χ4v) is 2.22. The van der Waals surface area contributed by atoms with Gasteiger partial charge in [0.1, 0.15) is 5.82 Å². The second-order valence-electron chi connectivity index (χ2n) is 4.28. The molecule has 0 saturated heterocycles. The average Bonchev–Trinajstić information content (AvgIpc) is 2.47. The fraction of sp³-hybridized carbons (Fsp3) is 0.200. The first-order valence-electron chi connectivity index (χ1n) is 6.14. The van der Waals surface area contributed by atoms with Gasteiger partial charge >= 0.3 is 0 Å². The highest BCUT2D eigenvalue weighted by atomic mass is 35.5. The summed E-state index contributed by atoms with van der Waals surface area (Å²) in [6.07, 6.45) is 0. The molecule has 0 heterocycles. The Hall–Kier alpha value is -1.65. The Morgan fingerprint density at radius 1 is 1.05 bits per heavy atom. The van der Waals surface area contributed by atoms with Crippen molar-refractivity contribution in [2.75, 3.05) is 19.5 Å². The van der Waals surface area contributed by atoms with Crippen molar-refractivity contribution < 1.29 is 13.9 Å². The van der Waals surface area contributed by atoms with Gasteiger partial charge in [-0.1, -0.05) is 29.3 Å². The van der Waals surface area contributed by atoms with E-state index in [9.17, 15) is 4.39 Å². The molecule has 0 bridgehead atoms. The Morgan fingerprint density at radius 3 is 2.33 bits per heavy atom. The third-order valence-electron chi connectivity index (χ3n) is 2.96. The summed E-state index contributed by atoms with van der Waals surface area (Å²) in [6.45, 7) is 0.276. The molecule has 0 fully saturated rings. The summed E-state index contributed by atoms with van der Waals surface area (Å²) >= 11 is 11.9. The zero-order valence-corrected chi connectivity index (χ0v) is 13.1. The molecule has 112 valence electrons. The number of rotatable bonds is 5. The lowest BCUT2D eigenvalue weighted by Crippen LogP contribution is -2.03. The number of benzene rings is 2. The van der Waals surface area contributed by atoms with E-state index in [2.05, 4.69) is 5.32 Å². The van der Waals surface area contributed by atoms with E-state index in [1.54, 1.807) is 24.3 Å². The number of hydrogen-bond acceptors (Lipinski definition) is 3. The van der Waals surface area contributed by atoms with Gasteiger partial charge in [-0.25, -0.2) is 4.39 Å². The van der Waals surface area contributed by atoms with E-state index in [1.807, 2.05) is 0 Å². The minimum atomic E-state index is -0.369. The van der Waals surface area contributed by atoms with E-state index in [0.29, 0.717) is 32.8 Å². The Labute approximate surface area is 132 Å². The van der Waals surface area contributed by atoms with Crippen molar-refractivity contribution in [1.29, 1.82) is 0 Å². The molecule has 0 aliphatic rings. The first kappa shape index (κ1) is 15.7. The number of nitrogens with one attached hydrogen (secondary N) is 1. The molecular formula is C15H14Cl2FNO2. The van der Waals surface area contributed by atoms with Crippen LogP contribution in [0.4, 0.5) is 10.1 Å². The highest BCUT2D eigenvalue weighted by Gasteiger charge is 2.10. The van der Waals surface area contributed by atoms with Crippen molar-refractivity contribution in [3.63, 3.8) is 0 Å². The molecule has 2 aromatic carbocycles. The van der Waals surface area contributed by atoms with Gasteiger partial charge in [-0.05, 0) is 12.1 Å². The molecule has 0 unspecified atom stereocenters. The first-order valence-corrected chi connectivity index (χ1v) is 6.90. The predicted molar refractivity (Wildman–Crippen MR) is 83.3 cm³/mol. The standard InChI is InChI=1S/C15H14Cl2FNO2/c1-20-14-6-11(17)13(7-15(14)21-2)19-8-9-3-4-10(16)5-12(9)18/h3-7,19H,8H2,1-2H3. The average molecular weight is 330 g/mol. The zero-order chi connectivity index (χ0) is 15.4. The lowest BCUT2D eigenvalue weighted by atomic mass is 10.2. The van der Waals surface area contributed by atoms with Crippen LogP contribution >= 0.6 is 23.2 Å². The maximum Gasteiger partial charge on any atom is 0.162 e. The summed E-state index contributed by atoms with van der Waals surface area (Å²) in [7, 11) is 3.07. The van der Waals surface area contributed by atoms with Gasteiger partial charge in [0.2, 0.25) is 0 Å². The largest absolute Gasteiger partial charge is 0.493 e. The Kier molecular flexibility index (Phi) is 5.15. The van der Waals surface area contributed by atoms with Crippen molar-refractivity contribution >= 4 is 28.9 Å². The summed E-state index contributed by atoms with van der Waals surface area (Å²) in [6, 6.07) is 7.88. The molecular weight excluding hydrogens is 316 g/mol. The topological polar surface area (TPSA) is 30.5 Å². The smallest absolute Gasteiger partial charge is 0.162 e. The molecule has 0 aliphatic heterocycles. The lowest BCUT2D eigenvalue weighted by Gasteiger charge is -2.13. The minimum Gasteiger partial charge on any atom is -0.493 e. The first-order chi connectivity index (χ1) is 10.0. The van der Waals surface area contributed by atoms with Crippen molar-refractivity contribution in [2.24, 2.45) is 0 Å². The van der Waals surface area contributed by atoms with Crippen molar-refractivity contribution in [1.82, 2.24) is 0 Å². The quantitative estimate of drug-likeness (QED) is 0.857. The molecule has 0 radical (unpaired) electrons. The zero-order valence-electron chi connectivity index (χ0n) is 11.5. The SMILES string of the molecule is COc1cc(Cl)c(NCc2ccc(Cl)cc2F)cc1OC. The van der Waals surface area contributed by atoms with Crippen molar-refractivity contribution in [3.05, 3.63) is 51.8 Å². The summed E-state index contributed by atoms with van der Waals surface area (Å²) in [5.74, 6) is 0.707. The third kappa shape index (κ3) is 3.71. The number of halogens is 3. The van der Waals surface area contributed by atoms with E-state index in [4.69, 9.17) is 32.7 Å². The molecule has 2 aromatic rings. The molecule has 1 N–H and O–H groups in total. The maximum absolute atomic E-state index is 13.7. The van der Waals surface area contributed by atoms with Crippen LogP contribution in [0.3, 0.4) is 0 Å². The summed E-state index contributed by atoms with van der Waals surface area (Å²) in [5, 5.41) is 3.89. The van der Waals surface area contributed by atoms with Gasteiger partial charge in [-0.2, -0.15) is 0 Å². The van der Waals surface area contributed by atoms with Gasteiger partial charge in [0.05, 0.1) is 24.9 Å². The van der Waals surface area contributed by atoms with Crippen LogP contribution in [-0.4, -0.2) is 14.2 Å². The number of hydrogen-bond donors (Lipinski definition) is 1. The Morgan fingerprint density at radius 2 is 1.71 bits per heavy atom. The molecule has 0 aliphatic carbocycles. The van der Waals surface area contributed by atoms with Crippen LogP contribution in [0.25, 0.3) is 0 Å². The molecule has 0 saturated carbocycles. The Bertz CT molecular complexity index is 650. The van der Waals surface area contributed by atoms with E-state index in [0.717, 1.165) is 0 Å². The van der Waals surface area contributed by atoms with Gasteiger partial charge in [0, 0.05) is 29.3 Å². The van der Waals surface area contributed by atoms with Crippen LogP contribution in [0.15, 0.2) is 30.3 Å². The predicted octanol–water partition coefficient (Wildman–Crippen LogP) is 4.76. The molecule has 0 aromatic heterocycles. The van der Waals surface area contributed by atoms with Gasteiger partial charge in [0.15, 0.2) is 11.5 Å². The Balaban J connectivity index is 2.19. The van der Waals surface area contributed by atoms with Crippen molar-refractivity contribution in [3.8, 4) is 11.5 Å². The van der Waals surface area contributed by atoms with E-state index in [1.165, 1.54) is 20.3 Å². The molecule has 0 atom stereocenters. The highest BCUT2D eigenvalue weighted by Crippen LogP contribution is 2.36. The summed E-state index contributed by atoms with van der Waals surface area (Å²) in [5.41, 5.74) is 1.12. The molecule has 0 spiro atoms.